The lowest BCUT2D eigenvalue weighted by atomic mass is 9.78. The highest BCUT2D eigenvalue weighted by atomic mass is 16.7. The minimum absolute atomic E-state index is 0.0559. The van der Waals surface area contributed by atoms with Crippen LogP contribution in [0.5, 0.6) is 28.7 Å². The number of likely N-dealkylation sites (N-methyl/N-ethyl adjacent to an activating group) is 1. The van der Waals surface area contributed by atoms with Crippen LogP contribution in [0.2, 0.25) is 0 Å². The van der Waals surface area contributed by atoms with Crippen LogP contribution in [0.25, 0.3) is 10.8 Å². The number of aliphatic hydroxyl groups is 2. The number of hydrazone groups is 2. The number of fused-ring (bicyclic) bond motifs is 14. The number of Topliss-reactive ketones (excluding diaryl/α,β-unsaturated/α-hetero) is 1. The van der Waals surface area contributed by atoms with E-state index >= 15 is 0 Å². The predicted molar refractivity (Wildman–Crippen MR) is 300 cm³/mol. The minimum atomic E-state index is -2.04. The molecule has 1 saturated heterocycles. The van der Waals surface area contributed by atoms with Crippen molar-refractivity contribution in [2.45, 2.75) is 92.5 Å². The van der Waals surface area contributed by atoms with Gasteiger partial charge in [-0.1, -0.05) is 63.6 Å². The van der Waals surface area contributed by atoms with Gasteiger partial charge in [0.1, 0.15) is 35.7 Å². The fourth-order valence-corrected chi connectivity index (χ4v) is 9.44. The van der Waals surface area contributed by atoms with E-state index in [-0.39, 0.29) is 62.8 Å². The monoisotopic (exact) mass is 1110 g/mol. The molecule has 22 heteroatoms. The number of aromatic hydroxyl groups is 3. The van der Waals surface area contributed by atoms with Crippen molar-refractivity contribution in [2.24, 2.45) is 39.6 Å². The van der Waals surface area contributed by atoms with Crippen molar-refractivity contribution in [2.75, 3.05) is 52.3 Å². The second-order valence-electron chi connectivity index (χ2n) is 20.5. The molecular formula is C58H74N8O14. The van der Waals surface area contributed by atoms with Crippen LogP contribution in [0, 0.1) is 37.5 Å². The van der Waals surface area contributed by atoms with Gasteiger partial charge in [-0.25, -0.2) is 5.43 Å². The van der Waals surface area contributed by atoms with E-state index < -0.39 is 88.8 Å². The van der Waals surface area contributed by atoms with Gasteiger partial charge in [-0.3, -0.25) is 29.2 Å². The molecule has 22 nitrogen and oxygen atoms in total. The Hall–Kier alpha value is -8.05. The molecule has 0 aliphatic carbocycles. The average molecular weight is 1110 g/mol. The van der Waals surface area contributed by atoms with Crippen molar-refractivity contribution in [3.8, 4) is 28.7 Å². The number of amides is 2. The number of nitrogens with zero attached hydrogens (tertiary/aromatic N) is 5. The number of esters is 1. The van der Waals surface area contributed by atoms with Crippen LogP contribution in [0.4, 0.5) is 5.69 Å². The van der Waals surface area contributed by atoms with E-state index in [0.717, 1.165) is 18.7 Å². The number of nitrogens with one attached hydrogen (secondary N) is 2. The Kier molecular flexibility index (Phi) is 20.4. The summed E-state index contributed by atoms with van der Waals surface area (Å²) in [4.78, 5) is 58.2. The van der Waals surface area contributed by atoms with E-state index in [4.69, 9.17) is 29.4 Å². The quantitative estimate of drug-likeness (QED) is 0.0245. The number of phenolic OH excluding ortho intramolecular Hbond substituents is 3. The van der Waals surface area contributed by atoms with E-state index in [1.54, 1.807) is 57.0 Å². The molecule has 4 aromatic rings. The zero-order valence-electron chi connectivity index (χ0n) is 47.0. The highest BCUT2D eigenvalue weighted by molar-refractivity contribution is 6.24. The molecule has 0 unspecified atom stereocenters. The van der Waals surface area contributed by atoms with E-state index in [1.807, 2.05) is 38.2 Å². The maximum atomic E-state index is 14.4. The van der Waals surface area contributed by atoms with Gasteiger partial charge in [0.2, 0.25) is 0 Å². The zero-order valence-corrected chi connectivity index (χ0v) is 47.0. The topological polar surface area (TPSA) is 310 Å². The van der Waals surface area contributed by atoms with Crippen LogP contribution >= 0.6 is 0 Å². The number of hydrogen-bond acceptors (Lipinski definition) is 19. The lowest BCUT2D eigenvalue weighted by Crippen LogP contribution is -2.46. The summed E-state index contributed by atoms with van der Waals surface area (Å²) in [5.41, 5.74) is 9.29. The minimum Gasteiger partial charge on any atom is -0.507 e. The Morgan fingerprint density at radius 1 is 0.912 bits per heavy atom. The summed E-state index contributed by atoms with van der Waals surface area (Å²) < 4.78 is 29.0. The number of allylic oxidation sites excluding steroid dienone is 2. The number of pyridine rings is 1. The molecule has 4 aliphatic rings. The van der Waals surface area contributed by atoms with E-state index in [2.05, 4.69) is 30.8 Å². The van der Waals surface area contributed by atoms with Crippen molar-refractivity contribution in [1.82, 2.24) is 20.3 Å². The number of benzene rings is 3. The lowest BCUT2D eigenvalue weighted by molar-refractivity contribution is -0.160. The number of anilines is 1. The van der Waals surface area contributed by atoms with E-state index in [0.29, 0.717) is 24.4 Å². The number of aryl methyl sites for hydroxylation is 1. The number of methoxy groups -OCH3 is 1. The van der Waals surface area contributed by atoms with E-state index in [9.17, 15) is 44.7 Å². The first-order valence-electron chi connectivity index (χ1n) is 26.2. The number of carbonyl (C=O) groups excluding carboxylic acids is 4. The van der Waals surface area contributed by atoms with Gasteiger partial charge in [-0.2, -0.15) is 10.2 Å². The molecule has 1 fully saturated rings. The van der Waals surface area contributed by atoms with Crippen molar-refractivity contribution in [3.63, 3.8) is 0 Å². The Morgan fingerprint density at radius 2 is 1.57 bits per heavy atom. The number of ether oxygens (including phenoxy) is 5. The van der Waals surface area contributed by atoms with Gasteiger partial charge >= 0.3 is 11.8 Å². The van der Waals surface area contributed by atoms with Gasteiger partial charge in [0.25, 0.3) is 17.6 Å². The van der Waals surface area contributed by atoms with Gasteiger partial charge in [-0.05, 0) is 58.2 Å². The van der Waals surface area contributed by atoms with Crippen LogP contribution in [0.3, 0.4) is 0 Å². The molecule has 4 aliphatic heterocycles. The van der Waals surface area contributed by atoms with Crippen molar-refractivity contribution in [3.05, 3.63) is 113 Å². The van der Waals surface area contributed by atoms with Gasteiger partial charge < -0.3 is 65.2 Å². The van der Waals surface area contributed by atoms with Crippen molar-refractivity contribution in [1.29, 1.82) is 0 Å². The maximum Gasteiger partial charge on any atom is 0.312 e. The Balaban J connectivity index is 0.000000410. The number of amidine groups is 1. The number of carbonyl (C=O) groups is 4. The molecule has 0 spiro atoms. The summed E-state index contributed by atoms with van der Waals surface area (Å²) in [6, 6.07) is 10.7. The molecule has 8 rings (SSSR count). The fourth-order valence-electron chi connectivity index (χ4n) is 9.44. The normalized spacial score (nSPS) is 26.5. The van der Waals surface area contributed by atoms with Gasteiger partial charge in [0, 0.05) is 105 Å². The van der Waals surface area contributed by atoms with Gasteiger partial charge in [0.15, 0.2) is 11.6 Å². The highest BCUT2D eigenvalue weighted by Gasteiger charge is 2.50. The Morgan fingerprint density at radius 3 is 2.21 bits per heavy atom. The summed E-state index contributed by atoms with van der Waals surface area (Å²) in [5.74, 6) is -7.82. The molecule has 5 heterocycles. The number of phenols is 3. The Labute approximate surface area is 465 Å². The largest absolute Gasteiger partial charge is 0.507 e. The highest BCUT2D eigenvalue weighted by Crippen LogP contribution is 2.55. The predicted octanol–water partition coefficient (Wildman–Crippen LogP) is 5.81. The molecule has 430 valence electrons. The number of aromatic nitrogens is 1. The second-order valence-corrected chi connectivity index (χ2v) is 20.5. The first-order valence-corrected chi connectivity index (χ1v) is 26.2. The van der Waals surface area contributed by atoms with Crippen LogP contribution < -0.4 is 25.9 Å². The third-order valence-electron chi connectivity index (χ3n) is 14.5. The average Bonchev–Trinajstić information content (AvgIpc) is 3.88. The second kappa shape index (κ2) is 26.7. The Bertz CT molecular complexity index is 3050. The van der Waals surface area contributed by atoms with Crippen LogP contribution in [-0.2, 0) is 23.8 Å². The standard InChI is InChI=1S/C43H58N4O12.C15H16N4O2/c1-21-12-11-13-22(2)42(55)45-33-28(20-44-47-17-15-46(9)16-18-47)37(52)30-31(38(33)53)36(51)26(6)40-32(30)41(54)43(8,59-40)57-19-14-29(56-10)23(3)39(58-27(7)48)25(5)35(50)24(4)34(21)49;1-11-2-4-13(5-3-11)21-10-14(16)18-19-15(20)12-6-8-17-9-7-12/h11-14,19-21,23-25,29,34-35,39,49-53H,15-18H2,1-10H3,(H,45,55);2-9H,10H2,1H3,(H2,16,18)(H,19,20)/b12-11+,19-14+,22-13-,44-20+;/t21-,23+,24+,25+,29-,34-,35+,39+,43-;/m0./s1. The molecule has 0 saturated carbocycles. The number of hydrogen-bond donors (Lipinski definition) is 8. The molecule has 9 atom stereocenters. The number of ketones is 1. The summed E-state index contributed by atoms with van der Waals surface area (Å²) in [5, 5.41) is 70.6. The maximum absolute atomic E-state index is 14.4. The first kappa shape index (κ1) is 61.2. The van der Waals surface area contributed by atoms with Crippen molar-refractivity contribution >= 4 is 52.1 Å². The fraction of sp³-hybridized carbons (Fsp3) is 0.431. The molecule has 2 amide bonds. The molecule has 9 N–H and O–H groups in total. The molecular weight excluding hydrogens is 1030 g/mol. The number of piperazine rings is 1. The van der Waals surface area contributed by atoms with Crippen LogP contribution in [-0.4, -0.2) is 153 Å². The van der Waals surface area contributed by atoms with Crippen LogP contribution in [0.1, 0.15) is 85.9 Å². The molecule has 5 bridgehead atoms. The molecule has 3 aromatic carbocycles. The van der Waals surface area contributed by atoms with Crippen LogP contribution in [0.15, 0.2) is 95.1 Å². The van der Waals surface area contributed by atoms with E-state index in [1.165, 1.54) is 71.8 Å². The van der Waals surface area contributed by atoms with Gasteiger partial charge in [0.05, 0.1) is 53.0 Å². The summed E-state index contributed by atoms with van der Waals surface area (Å²) in [7, 11) is 3.42. The lowest BCUT2D eigenvalue weighted by Gasteiger charge is -2.38. The smallest absolute Gasteiger partial charge is 0.312 e. The third kappa shape index (κ3) is 14.2. The van der Waals surface area contributed by atoms with Crippen molar-refractivity contribution < 1.29 is 68.4 Å². The van der Waals surface area contributed by atoms with Gasteiger partial charge in [-0.15, -0.1) is 0 Å². The number of rotatable bonds is 9. The summed E-state index contributed by atoms with van der Waals surface area (Å²) >= 11 is 0. The molecule has 80 heavy (non-hydrogen) atoms. The zero-order chi connectivity index (χ0) is 58.7. The summed E-state index contributed by atoms with van der Waals surface area (Å²) in [6.45, 7) is 17.2. The SMILES string of the molecule is CO[C@H]1/C=C/O[C@@]2(C)Oc3c(C)c(O)c4c(O)c(c(/C=N/N5CCN(C)CC5)c(O)c4c3C2=O)NC(=O)/C(C)=C\C=C\[C@H](C)[C@H](O)[C@@H](C)[C@@H](O)[C@@H](C)[C@H](OC(C)=O)[C@@H]1C.Cc1ccc(OC/C(N)=N\NC(=O)c2ccncc2)cc1. The number of nitrogens with two attached hydrogens (primary N) is 1. The molecule has 1 aromatic heterocycles. The third-order valence-corrected chi connectivity index (χ3v) is 14.5. The summed E-state index contributed by atoms with van der Waals surface area (Å²) in [6.07, 6.45) is 7.92. The first-order chi connectivity index (χ1) is 37.9. The number of aliphatic hydroxyl groups excluding tert-OH is 2. The molecule has 0 radical (unpaired) electrons.